The van der Waals surface area contributed by atoms with E-state index in [1.807, 2.05) is 0 Å². The number of nitrogens with zero attached hydrogens (tertiary/aromatic N) is 3. The van der Waals surface area contributed by atoms with Crippen LogP contribution in [0.5, 0.6) is 0 Å². The number of nitrogens with one attached hydrogen (secondary N) is 1. The van der Waals surface area contributed by atoms with Gasteiger partial charge in [0.05, 0.1) is 17.9 Å². The van der Waals surface area contributed by atoms with E-state index in [-0.39, 0.29) is 11.9 Å². The van der Waals surface area contributed by atoms with E-state index in [2.05, 4.69) is 15.3 Å². The second-order valence-electron chi connectivity index (χ2n) is 5.66. The minimum absolute atomic E-state index is 0.0957. The Kier molecular flexibility index (Phi) is 5.23. The summed E-state index contributed by atoms with van der Waals surface area (Å²) in [6.07, 6.45) is 3.58. The summed E-state index contributed by atoms with van der Waals surface area (Å²) in [6.45, 7) is 3.57. The lowest BCUT2D eigenvalue weighted by molar-refractivity contribution is 0.0527. The fourth-order valence-electron chi connectivity index (χ4n) is 2.72. The molecule has 3 rings (SSSR count). The normalized spacial score (nSPS) is 13.6. The van der Waals surface area contributed by atoms with Crippen molar-refractivity contribution < 1.29 is 14.3 Å². The average molecular weight is 340 g/mol. The highest BCUT2D eigenvalue weighted by molar-refractivity contribution is 5.96. The van der Waals surface area contributed by atoms with Crippen LogP contribution in [0.3, 0.4) is 0 Å². The highest BCUT2D eigenvalue weighted by Crippen LogP contribution is 2.20. The van der Waals surface area contributed by atoms with Crippen LogP contribution in [0, 0.1) is 0 Å². The van der Waals surface area contributed by atoms with E-state index in [0.717, 1.165) is 25.9 Å². The van der Waals surface area contributed by atoms with E-state index in [9.17, 15) is 9.59 Å². The molecule has 2 heterocycles. The Bertz CT molecular complexity index is 772. The number of carbonyl (C=O) groups excluding carboxylic acids is 2. The van der Waals surface area contributed by atoms with Crippen LogP contribution in [-0.4, -0.2) is 46.4 Å². The Balaban J connectivity index is 1.81. The van der Waals surface area contributed by atoms with Crippen LogP contribution in [0.4, 0.5) is 11.6 Å². The van der Waals surface area contributed by atoms with Gasteiger partial charge in [0.25, 0.3) is 5.91 Å². The van der Waals surface area contributed by atoms with Crippen molar-refractivity contribution in [3.05, 3.63) is 47.8 Å². The molecule has 0 aliphatic carbocycles. The molecule has 1 N–H and O–H groups in total. The zero-order valence-electron chi connectivity index (χ0n) is 14.1. The van der Waals surface area contributed by atoms with Crippen LogP contribution in [-0.2, 0) is 4.74 Å². The first-order chi connectivity index (χ1) is 12.2. The van der Waals surface area contributed by atoms with Crippen molar-refractivity contribution in [2.45, 2.75) is 19.8 Å². The molecule has 0 saturated carbocycles. The third-order valence-electron chi connectivity index (χ3n) is 3.94. The van der Waals surface area contributed by atoms with Crippen LogP contribution < -0.4 is 5.32 Å². The summed E-state index contributed by atoms with van der Waals surface area (Å²) in [4.78, 5) is 34.7. The third-order valence-corrected chi connectivity index (χ3v) is 3.94. The zero-order chi connectivity index (χ0) is 17.6. The number of amides is 1. The predicted octanol–water partition coefficient (Wildman–Crippen LogP) is 2.63. The molecule has 1 saturated heterocycles. The summed E-state index contributed by atoms with van der Waals surface area (Å²) in [5, 5.41) is 3.00. The van der Waals surface area contributed by atoms with Gasteiger partial charge in [-0.2, -0.15) is 0 Å². The highest BCUT2D eigenvalue weighted by atomic mass is 16.5. The summed E-state index contributed by atoms with van der Waals surface area (Å²) in [7, 11) is 0. The van der Waals surface area contributed by atoms with Gasteiger partial charge in [0.15, 0.2) is 0 Å². The van der Waals surface area contributed by atoms with Gasteiger partial charge >= 0.3 is 5.97 Å². The van der Waals surface area contributed by atoms with E-state index < -0.39 is 5.97 Å². The third kappa shape index (κ3) is 3.93. The first kappa shape index (κ1) is 16.9. The number of rotatable bonds is 5. The quantitative estimate of drug-likeness (QED) is 0.842. The zero-order valence-corrected chi connectivity index (χ0v) is 14.1. The van der Waals surface area contributed by atoms with Gasteiger partial charge in [-0.3, -0.25) is 4.79 Å². The van der Waals surface area contributed by atoms with Gasteiger partial charge in [-0.05, 0) is 38.0 Å². The predicted molar refractivity (Wildman–Crippen MR) is 92.9 cm³/mol. The van der Waals surface area contributed by atoms with E-state index in [0.29, 0.717) is 23.6 Å². The number of esters is 1. The SMILES string of the molecule is CCOC(=O)c1ccccc1Nc1nccc(C(=O)N2CCCC2)n1. The molecule has 7 heteroatoms. The Labute approximate surface area is 146 Å². The molecule has 2 aromatic rings. The summed E-state index contributed by atoms with van der Waals surface area (Å²) < 4.78 is 5.06. The molecule has 1 aromatic heterocycles. The standard InChI is InChI=1S/C18H20N4O3/c1-2-25-17(24)13-7-3-4-8-14(13)20-18-19-10-9-15(21-18)16(23)22-11-5-6-12-22/h3-4,7-10H,2,5-6,11-12H2,1H3,(H,19,20,21). The second-order valence-corrected chi connectivity index (χ2v) is 5.66. The fourth-order valence-corrected chi connectivity index (χ4v) is 2.72. The minimum Gasteiger partial charge on any atom is -0.462 e. The van der Waals surface area contributed by atoms with Crippen molar-refractivity contribution in [1.29, 1.82) is 0 Å². The Morgan fingerprint density at radius 3 is 2.72 bits per heavy atom. The van der Waals surface area contributed by atoms with Crippen molar-refractivity contribution in [3.63, 3.8) is 0 Å². The molecule has 1 aromatic carbocycles. The number of likely N-dealkylation sites (tertiary alicyclic amines) is 1. The van der Waals surface area contributed by atoms with Crippen molar-refractivity contribution in [2.24, 2.45) is 0 Å². The molecule has 0 unspecified atom stereocenters. The van der Waals surface area contributed by atoms with Crippen LogP contribution in [0.25, 0.3) is 0 Å². The first-order valence-electron chi connectivity index (χ1n) is 8.34. The van der Waals surface area contributed by atoms with Crippen LogP contribution in [0.1, 0.15) is 40.6 Å². The van der Waals surface area contributed by atoms with E-state index >= 15 is 0 Å². The number of hydrogen-bond acceptors (Lipinski definition) is 6. The number of hydrogen-bond donors (Lipinski definition) is 1. The number of benzene rings is 1. The average Bonchev–Trinajstić information content (AvgIpc) is 3.16. The summed E-state index contributed by atoms with van der Waals surface area (Å²) in [6, 6.07) is 8.56. The molecule has 25 heavy (non-hydrogen) atoms. The fraction of sp³-hybridized carbons (Fsp3) is 0.333. The molecule has 1 aliphatic heterocycles. The van der Waals surface area contributed by atoms with Crippen molar-refractivity contribution in [3.8, 4) is 0 Å². The maximum Gasteiger partial charge on any atom is 0.340 e. The first-order valence-corrected chi connectivity index (χ1v) is 8.34. The maximum absolute atomic E-state index is 12.4. The van der Waals surface area contributed by atoms with Gasteiger partial charge in [-0.1, -0.05) is 12.1 Å². The van der Waals surface area contributed by atoms with Crippen molar-refractivity contribution >= 4 is 23.5 Å². The summed E-state index contributed by atoms with van der Waals surface area (Å²) in [5.74, 6) is -0.252. The van der Waals surface area contributed by atoms with Gasteiger partial charge in [0, 0.05) is 19.3 Å². The topological polar surface area (TPSA) is 84.4 Å². The molecule has 7 nitrogen and oxygen atoms in total. The molecule has 1 aliphatic rings. The maximum atomic E-state index is 12.4. The lowest BCUT2D eigenvalue weighted by atomic mass is 10.2. The van der Waals surface area contributed by atoms with Crippen molar-refractivity contribution in [1.82, 2.24) is 14.9 Å². The van der Waals surface area contributed by atoms with E-state index in [1.165, 1.54) is 6.20 Å². The molecular weight excluding hydrogens is 320 g/mol. The van der Waals surface area contributed by atoms with Gasteiger partial charge in [0.1, 0.15) is 5.69 Å². The smallest absolute Gasteiger partial charge is 0.340 e. The molecular formula is C18H20N4O3. The second kappa shape index (κ2) is 7.74. The molecule has 130 valence electrons. The lowest BCUT2D eigenvalue weighted by Crippen LogP contribution is -2.28. The molecule has 0 radical (unpaired) electrons. The summed E-state index contributed by atoms with van der Waals surface area (Å²) >= 11 is 0. The van der Waals surface area contributed by atoms with Crippen LogP contribution in [0.2, 0.25) is 0 Å². The number of para-hydroxylation sites is 1. The molecule has 0 bridgehead atoms. The lowest BCUT2D eigenvalue weighted by Gasteiger charge is -2.15. The van der Waals surface area contributed by atoms with Crippen LogP contribution >= 0.6 is 0 Å². The molecule has 0 atom stereocenters. The molecule has 0 spiro atoms. The molecule has 1 amide bonds. The minimum atomic E-state index is -0.421. The van der Waals surface area contributed by atoms with Gasteiger partial charge in [0.2, 0.25) is 5.95 Å². The monoisotopic (exact) mass is 340 g/mol. The van der Waals surface area contributed by atoms with Crippen molar-refractivity contribution in [2.75, 3.05) is 25.0 Å². The van der Waals surface area contributed by atoms with Gasteiger partial charge < -0.3 is 15.0 Å². The van der Waals surface area contributed by atoms with Crippen LogP contribution in [0.15, 0.2) is 36.5 Å². The Hall–Kier alpha value is -2.96. The number of ether oxygens (including phenoxy) is 1. The van der Waals surface area contributed by atoms with Gasteiger partial charge in [-0.25, -0.2) is 14.8 Å². The number of carbonyl (C=O) groups is 2. The number of anilines is 2. The van der Waals surface area contributed by atoms with E-state index in [1.54, 1.807) is 42.2 Å². The highest BCUT2D eigenvalue weighted by Gasteiger charge is 2.21. The Morgan fingerprint density at radius 1 is 1.20 bits per heavy atom. The molecule has 1 fully saturated rings. The largest absolute Gasteiger partial charge is 0.462 e. The van der Waals surface area contributed by atoms with E-state index in [4.69, 9.17) is 4.74 Å². The Morgan fingerprint density at radius 2 is 1.96 bits per heavy atom. The summed E-state index contributed by atoms with van der Waals surface area (Å²) in [5.41, 5.74) is 1.27. The van der Waals surface area contributed by atoms with Gasteiger partial charge in [-0.15, -0.1) is 0 Å². The number of aromatic nitrogens is 2.